The Labute approximate surface area is 139 Å². The minimum Gasteiger partial charge on any atom is -0.488 e. The van der Waals surface area contributed by atoms with Crippen molar-refractivity contribution in [3.63, 3.8) is 0 Å². The standard InChI is InChI=1S/C14H21INO4P/c1-3-19-21(17,20-4-2)10-6-5-9-18-14-11-12(16)7-8-13(14)15/h5-8,11H,3-4,9-10,16H2,1-2H3/b6-5+. The number of nitrogens with two attached hydrogens (primary N) is 1. The number of benzene rings is 1. The summed E-state index contributed by atoms with van der Waals surface area (Å²) in [6, 6.07) is 5.50. The molecular weight excluding hydrogens is 404 g/mol. The molecule has 0 aromatic heterocycles. The van der Waals surface area contributed by atoms with E-state index in [1.807, 2.05) is 12.1 Å². The van der Waals surface area contributed by atoms with Gasteiger partial charge in [-0.3, -0.25) is 4.57 Å². The largest absolute Gasteiger partial charge is 0.488 e. The van der Waals surface area contributed by atoms with Crippen molar-refractivity contribution in [1.82, 2.24) is 0 Å². The number of allylic oxidation sites excluding steroid dienone is 1. The Morgan fingerprint density at radius 1 is 1.24 bits per heavy atom. The number of hydrogen-bond acceptors (Lipinski definition) is 5. The van der Waals surface area contributed by atoms with Gasteiger partial charge in [-0.25, -0.2) is 0 Å². The summed E-state index contributed by atoms with van der Waals surface area (Å²) in [5.74, 6) is 0.734. The second kappa shape index (κ2) is 9.46. The quantitative estimate of drug-likeness (QED) is 0.280. The maximum atomic E-state index is 12.2. The molecule has 0 fully saturated rings. The molecule has 0 saturated carbocycles. The fourth-order valence-electron chi connectivity index (χ4n) is 1.58. The molecule has 0 unspecified atom stereocenters. The molecule has 0 spiro atoms. The molecule has 0 aliphatic heterocycles. The van der Waals surface area contributed by atoms with Crippen LogP contribution < -0.4 is 10.5 Å². The maximum absolute atomic E-state index is 12.2. The van der Waals surface area contributed by atoms with Crippen LogP contribution in [0.15, 0.2) is 30.4 Å². The number of hydrogen-bond donors (Lipinski definition) is 1. The molecule has 0 aliphatic carbocycles. The van der Waals surface area contributed by atoms with E-state index in [0.717, 1.165) is 9.32 Å². The Hall–Kier alpha value is -0.560. The second-order valence-corrected chi connectivity index (χ2v) is 7.37. The monoisotopic (exact) mass is 425 g/mol. The van der Waals surface area contributed by atoms with E-state index >= 15 is 0 Å². The van der Waals surface area contributed by atoms with Gasteiger partial charge in [0.15, 0.2) is 0 Å². The molecule has 1 aromatic carbocycles. The van der Waals surface area contributed by atoms with Crippen molar-refractivity contribution in [3.05, 3.63) is 33.9 Å². The highest BCUT2D eigenvalue weighted by Crippen LogP contribution is 2.47. The molecule has 1 rings (SSSR count). The van der Waals surface area contributed by atoms with Gasteiger partial charge in [0.25, 0.3) is 0 Å². The summed E-state index contributed by atoms with van der Waals surface area (Å²) in [4.78, 5) is 0. The number of anilines is 1. The lowest BCUT2D eigenvalue weighted by molar-refractivity contribution is 0.222. The highest BCUT2D eigenvalue weighted by atomic mass is 127. The fraction of sp³-hybridized carbons (Fsp3) is 0.429. The van der Waals surface area contributed by atoms with Crippen molar-refractivity contribution in [1.29, 1.82) is 0 Å². The van der Waals surface area contributed by atoms with Gasteiger partial charge >= 0.3 is 7.60 Å². The highest BCUT2D eigenvalue weighted by molar-refractivity contribution is 14.1. The van der Waals surface area contributed by atoms with Gasteiger partial charge in [-0.2, -0.15) is 0 Å². The van der Waals surface area contributed by atoms with Gasteiger partial charge in [0, 0.05) is 11.8 Å². The van der Waals surface area contributed by atoms with Crippen molar-refractivity contribution in [2.75, 3.05) is 31.7 Å². The Bertz CT molecular complexity index is 512. The first-order valence-electron chi connectivity index (χ1n) is 6.71. The van der Waals surface area contributed by atoms with E-state index in [0.29, 0.717) is 25.5 Å². The van der Waals surface area contributed by atoms with Crippen LogP contribution in [0.4, 0.5) is 5.69 Å². The lowest BCUT2D eigenvalue weighted by atomic mass is 10.3. The summed E-state index contributed by atoms with van der Waals surface area (Å²) in [7, 11) is -3.01. The normalized spacial score (nSPS) is 12.0. The van der Waals surface area contributed by atoms with Crippen LogP contribution in [-0.2, 0) is 13.6 Å². The van der Waals surface area contributed by atoms with Gasteiger partial charge in [-0.05, 0) is 48.6 Å². The Kier molecular flexibility index (Phi) is 8.33. The van der Waals surface area contributed by atoms with Crippen LogP contribution in [0.5, 0.6) is 5.75 Å². The van der Waals surface area contributed by atoms with Crippen LogP contribution in [0.1, 0.15) is 13.8 Å². The molecule has 2 N–H and O–H groups in total. The van der Waals surface area contributed by atoms with Crippen LogP contribution in [0.25, 0.3) is 0 Å². The van der Waals surface area contributed by atoms with Gasteiger partial charge in [0.1, 0.15) is 12.4 Å². The lowest BCUT2D eigenvalue weighted by Gasteiger charge is -2.14. The molecule has 0 bridgehead atoms. The van der Waals surface area contributed by atoms with Crippen LogP contribution in [0, 0.1) is 3.57 Å². The highest BCUT2D eigenvalue weighted by Gasteiger charge is 2.20. The summed E-state index contributed by atoms with van der Waals surface area (Å²) in [5.41, 5.74) is 6.37. The zero-order valence-corrected chi connectivity index (χ0v) is 15.3. The first-order chi connectivity index (χ1) is 10.0. The average molecular weight is 425 g/mol. The predicted octanol–water partition coefficient (Wildman–Crippen LogP) is 4.07. The average Bonchev–Trinajstić information content (AvgIpc) is 2.42. The molecule has 1 aromatic rings. The van der Waals surface area contributed by atoms with E-state index in [9.17, 15) is 4.57 Å². The molecular formula is C14H21INO4P. The molecule has 118 valence electrons. The summed E-state index contributed by atoms with van der Waals surface area (Å²) < 4.78 is 29.2. The zero-order chi connectivity index (χ0) is 15.7. The molecule has 7 heteroatoms. The Morgan fingerprint density at radius 3 is 2.52 bits per heavy atom. The lowest BCUT2D eigenvalue weighted by Crippen LogP contribution is -2.00. The molecule has 0 saturated heterocycles. The number of halogens is 1. The van der Waals surface area contributed by atoms with E-state index < -0.39 is 7.60 Å². The second-order valence-electron chi connectivity index (χ2n) is 4.10. The maximum Gasteiger partial charge on any atom is 0.334 e. The first-order valence-corrected chi connectivity index (χ1v) is 9.52. The predicted molar refractivity (Wildman–Crippen MR) is 93.9 cm³/mol. The summed E-state index contributed by atoms with van der Waals surface area (Å²) in [5, 5.41) is 0. The Balaban J connectivity index is 2.47. The molecule has 5 nitrogen and oxygen atoms in total. The van der Waals surface area contributed by atoms with Crippen molar-refractivity contribution >= 4 is 35.9 Å². The molecule has 0 radical (unpaired) electrons. The van der Waals surface area contributed by atoms with Gasteiger partial charge in [0.05, 0.1) is 22.9 Å². The third-order valence-corrected chi connectivity index (χ3v) is 5.29. The number of ether oxygens (including phenoxy) is 1. The molecule has 0 atom stereocenters. The Morgan fingerprint density at radius 2 is 1.90 bits per heavy atom. The van der Waals surface area contributed by atoms with Crippen molar-refractivity contribution in [2.24, 2.45) is 0 Å². The first kappa shape index (κ1) is 18.5. The zero-order valence-electron chi connectivity index (χ0n) is 12.3. The summed E-state index contributed by atoms with van der Waals surface area (Å²) in [6.45, 7) is 4.68. The van der Waals surface area contributed by atoms with Gasteiger partial charge in [0.2, 0.25) is 0 Å². The van der Waals surface area contributed by atoms with Crippen LogP contribution in [0.3, 0.4) is 0 Å². The smallest absolute Gasteiger partial charge is 0.334 e. The molecule has 0 heterocycles. The van der Waals surface area contributed by atoms with Crippen LogP contribution >= 0.6 is 30.2 Å². The van der Waals surface area contributed by atoms with Gasteiger partial charge in [-0.1, -0.05) is 12.2 Å². The molecule has 21 heavy (non-hydrogen) atoms. The van der Waals surface area contributed by atoms with E-state index in [1.165, 1.54) is 0 Å². The minimum atomic E-state index is -3.01. The van der Waals surface area contributed by atoms with Crippen LogP contribution in [0.2, 0.25) is 0 Å². The van der Waals surface area contributed by atoms with E-state index in [-0.39, 0.29) is 6.16 Å². The van der Waals surface area contributed by atoms with E-state index in [1.54, 1.807) is 32.1 Å². The van der Waals surface area contributed by atoms with Crippen molar-refractivity contribution < 1.29 is 18.3 Å². The minimum absolute atomic E-state index is 0.242. The summed E-state index contributed by atoms with van der Waals surface area (Å²) >= 11 is 2.18. The van der Waals surface area contributed by atoms with Gasteiger partial charge in [-0.15, -0.1) is 0 Å². The van der Waals surface area contributed by atoms with Crippen LogP contribution in [-0.4, -0.2) is 26.0 Å². The fourth-order valence-corrected chi connectivity index (χ4v) is 3.55. The number of rotatable bonds is 9. The molecule has 0 amide bonds. The van der Waals surface area contributed by atoms with E-state index in [2.05, 4.69) is 22.6 Å². The number of nitrogen functional groups attached to an aromatic ring is 1. The SMILES string of the molecule is CCOP(=O)(C/C=C/COc1cc(N)ccc1I)OCC. The summed E-state index contributed by atoms with van der Waals surface area (Å²) in [6.07, 6.45) is 3.79. The third kappa shape index (κ3) is 6.82. The van der Waals surface area contributed by atoms with Crippen molar-refractivity contribution in [3.8, 4) is 5.75 Å². The van der Waals surface area contributed by atoms with Crippen molar-refractivity contribution in [2.45, 2.75) is 13.8 Å². The van der Waals surface area contributed by atoms with E-state index in [4.69, 9.17) is 19.5 Å². The topological polar surface area (TPSA) is 70.8 Å². The third-order valence-electron chi connectivity index (χ3n) is 2.44. The molecule has 0 aliphatic rings. The van der Waals surface area contributed by atoms with Gasteiger partial charge < -0.3 is 19.5 Å².